The van der Waals surface area contributed by atoms with Crippen LogP contribution in [-0.4, -0.2) is 48.3 Å². The van der Waals surface area contributed by atoms with Crippen molar-refractivity contribution in [3.05, 3.63) is 35.4 Å². The molecule has 6 heteroatoms. The minimum Gasteiger partial charge on any atom is -0.356 e. The Morgan fingerprint density at radius 1 is 1.17 bits per heavy atom. The molecule has 0 spiro atoms. The normalized spacial score (nSPS) is 18.1. The van der Waals surface area contributed by atoms with Gasteiger partial charge in [-0.05, 0) is 49.3 Å². The lowest BCUT2D eigenvalue weighted by atomic mass is 9.86. The summed E-state index contributed by atoms with van der Waals surface area (Å²) in [5, 5.41) is 5.71. The molecule has 0 radical (unpaired) electrons. The van der Waals surface area contributed by atoms with Gasteiger partial charge in [0.15, 0.2) is 0 Å². The molecule has 2 N–H and O–H groups in total. The number of hydrogen-bond acceptors (Lipinski definition) is 3. The molecule has 29 heavy (non-hydrogen) atoms. The summed E-state index contributed by atoms with van der Waals surface area (Å²) < 4.78 is 0. The lowest BCUT2D eigenvalue weighted by molar-refractivity contribution is -0.137. The van der Waals surface area contributed by atoms with E-state index in [2.05, 4.69) is 31.4 Å². The zero-order valence-electron chi connectivity index (χ0n) is 18.4. The summed E-state index contributed by atoms with van der Waals surface area (Å²) in [4.78, 5) is 39.3. The Labute approximate surface area is 174 Å². The molecule has 2 atom stereocenters. The van der Waals surface area contributed by atoms with Crippen molar-refractivity contribution in [2.24, 2.45) is 5.92 Å². The van der Waals surface area contributed by atoms with Crippen molar-refractivity contribution in [3.63, 3.8) is 0 Å². The van der Waals surface area contributed by atoms with E-state index in [0.717, 1.165) is 24.8 Å². The van der Waals surface area contributed by atoms with Gasteiger partial charge in [-0.25, -0.2) is 0 Å². The first-order valence-electron chi connectivity index (χ1n) is 10.6. The van der Waals surface area contributed by atoms with Crippen molar-refractivity contribution in [2.75, 3.05) is 19.6 Å². The number of amides is 3. The van der Waals surface area contributed by atoms with E-state index in [1.165, 1.54) is 0 Å². The first-order chi connectivity index (χ1) is 13.6. The van der Waals surface area contributed by atoms with Crippen molar-refractivity contribution < 1.29 is 14.4 Å². The molecule has 0 aliphatic carbocycles. The predicted octanol–water partition coefficient (Wildman–Crippen LogP) is 2.87. The van der Waals surface area contributed by atoms with Crippen molar-refractivity contribution >= 4 is 17.7 Å². The zero-order chi connectivity index (χ0) is 21.6. The van der Waals surface area contributed by atoms with Crippen LogP contribution in [0.3, 0.4) is 0 Å². The fourth-order valence-corrected chi connectivity index (χ4v) is 3.52. The molecular formula is C23H35N3O3. The summed E-state index contributed by atoms with van der Waals surface area (Å²) in [6.45, 7) is 11.8. The van der Waals surface area contributed by atoms with Gasteiger partial charge in [0.25, 0.3) is 5.91 Å². The predicted molar refractivity (Wildman–Crippen MR) is 115 cm³/mol. The largest absolute Gasteiger partial charge is 0.356 e. The highest BCUT2D eigenvalue weighted by molar-refractivity contribution is 5.97. The number of carbonyl (C=O) groups is 3. The number of piperidine rings is 1. The fourth-order valence-electron chi connectivity index (χ4n) is 3.52. The standard InChI is InChI=1S/C23H35N3O3/c1-6-13-24-20(27)18-8-7-14-26(15-18)22(29)16(2)25-21(28)17-9-11-19(12-10-17)23(3,4)5/h9-12,16,18H,6-8,13-15H2,1-5H3,(H,24,27)(H,25,28). The lowest BCUT2D eigenvalue weighted by Crippen LogP contribution is -2.52. The third kappa shape index (κ3) is 6.31. The smallest absolute Gasteiger partial charge is 0.251 e. The topological polar surface area (TPSA) is 78.5 Å². The van der Waals surface area contributed by atoms with E-state index in [0.29, 0.717) is 25.2 Å². The molecule has 0 aromatic heterocycles. The van der Waals surface area contributed by atoms with E-state index in [9.17, 15) is 14.4 Å². The SMILES string of the molecule is CCCNC(=O)C1CCCN(C(=O)C(C)NC(=O)c2ccc(C(C)(C)C)cc2)C1. The van der Waals surface area contributed by atoms with Gasteiger partial charge in [-0.1, -0.05) is 39.8 Å². The minimum absolute atomic E-state index is 0.0139. The van der Waals surface area contributed by atoms with Crippen LogP contribution in [0.25, 0.3) is 0 Å². The molecule has 1 aliphatic rings. The van der Waals surface area contributed by atoms with E-state index in [4.69, 9.17) is 0 Å². The van der Waals surface area contributed by atoms with Gasteiger partial charge in [0, 0.05) is 25.2 Å². The Morgan fingerprint density at radius 2 is 1.83 bits per heavy atom. The van der Waals surface area contributed by atoms with Crippen LogP contribution in [0.2, 0.25) is 0 Å². The average Bonchev–Trinajstić information content (AvgIpc) is 2.70. The number of nitrogens with zero attached hydrogens (tertiary/aromatic N) is 1. The van der Waals surface area contributed by atoms with Crippen LogP contribution >= 0.6 is 0 Å². The van der Waals surface area contributed by atoms with Gasteiger partial charge < -0.3 is 15.5 Å². The molecule has 0 saturated carbocycles. The van der Waals surface area contributed by atoms with Crippen LogP contribution in [0.1, 0.15) is 69.8 Å². The van der Waals surface area contributed by atoms with Gasteiger partial charge in [-0.15, -0.1) is 0 Å². The van der Waals surface area contributed by atoms with Gasteiger partial charge in [0.1, 0.15) is 6.04 Å². The summed E-state index contributed by atoms with van der Waals surface area (Å²) >= 11 is 0. The molecule has 1 fully saturated rings. The van der Waals surface area contributed by atoms with E-state index in [1.807, 2.05) is 19.1 Å². The van der Waals surface area contributed by atoms with Gasteiger partial charge in [-0.3, -0.25) is 14.4 Å². The zero-order valence-corrected chi connectivity index (χ0v) is 18.4. The van der Waals surface area contributed by atoms with Gasteiger partial charge in [0.05, 0.1) is 5.92 Å². The Balaban J connectivity index is 1.93. The number of likely N-dealkylation sites (tertiary alicyclic amines) is 1. The van der Waals surface area contributed by atoms with Crippen molar-refractivity contribution in [3.8, 4) is 0 Å². The molecule has 6 nitrogen and oxygen atoms in total. The fraction of sp³-hybridized carbons (Fsp3) is 0.609. The van der Waals surface area contributed by atoms with E-state index in [-0.39, 0.29) is 29.1 Å². The monoisotopic (exact) mass is 401 g/mol. The summed E-state index contributed by atoms with van der Waals surface area (Å²) in [5.74, 6) is -0.565. The Kier molecular flexibility index (Phi) is 7.82. The molecule has 1 aliphatic heterocycles. The number of nitrogens with one attached hydrogen (secondary N) is 2. The second kappa shape index (κ2) is 9.90. The quantitative estimate of drug-likeness (QED) is 0.769. The van der Waals surface area contributed by atoms with Crippen LogP contribution in [0.4, 0.5) is 0 Å². The van der Waals surface area contributed by atoms with E-state index < -0.39 is 6.04 Å². The lowest BCUT2D eigenvalue weighted by Gasteiger charge is -2.33. The first-order valence-corrected chi connectivity index (χ1v) is 10.6. The number of carbonyl (C=O) groups excluding carboxylic acids is 3. The number of rotatable bonds is 6. The Morgan fingerprint density at radius 3 is 2.41 bits per heavy atom. The van der Waals surface area contributed by atoms with Crippen LogP contribution < -0.4 is 10.6 Å². The van der Waals surface area contributed by atoms with Crippen molar-refractivity contribution in [2.45, 2.75) is 65.3 Å². The molecule has 0 bridgehead atoms. The maximum atomic E-state index is 12.8. The molecule has 3 amide bonds. The molecule has 2 rings (SSSR count). The van der Waals surface area contributed by atoms with E-state index >= 15 is 0 Å². The summed E-state index contributed by atoms with van der Waals surface area (Å²) in [6.07, 6.45) is 2.48. The molecule has 2 unspecified atom stereocenters. The van der Waals surface area contributed by atoms with Crippen LogP contribution in [0, 0.1) is 5.92 Å². The van der Waals surface area contributed by atoms with Gasteiger partial charge >= 0.3 is 0 Å². The molecule has 1 aromatic carbocycles. The van der Waals surface area contributed by atoms with Crippen LogP contribution in [0.15, 0.2) is 24.3 Å². The Hall–Kier alpha value is -2.37. The molecule has 1 heterocycles. The summed E-state index contributed by atoms with van der Waals surface area (Å²) in [6, 6.07) is 6.85. The second-order valence-corrected chi connectivity index (χ2v) is 8.94. The summed E-state index contributed by atoms with van der Waals surface area (Å²) in [5.41, 5.74) is 1.71. The first kappa shape index (κ1) is 22.9. The van der Waals surface area contributed by atoms with Gasteiger partial charge in [0.2, 0.25) is 11.8 Å². The van der Waals surface area contributed by atoms with Gasteiger partial charge in [-0.2, -0.15) is 0 Å². The molecule has 1 aromatic rings. The molecule has 1 saturated heterocycles. The average molecular weight is 402 g/mol. The molecular weight excluding hydrogens is 366 g/mol. The van der Waals surface area contributed by atoms with Crippen LogP contribution in [0.5, 0.6) is 0 Å². The highest BCUT2D eigenvalue weighted by Gasteiger charge is 2.30. The second-order valence-electron chi connectivity index (χ2n) is 8.94. The van der Waals surface area contributed by atoms with Crippen molar-refractivity contribution in [1.29, 1.82) is 0 Å². The number of hydrogen-bond donors (Lipinski definition) is 2. The highest BCUT2D eigenvalue weighted by atomic mass is 16.2. The summed E-state index contributed by atoms with van der Waals surface area (Å²) in [7, 11) is 0. The maximum Gasteiger partial charge on any atom is 0.251 e. The number of benzene rings is 1. The third-order valence-electron chi connectivity index (χ3n) is 5.38. The maximum absolute atomic E-state index is 12.8. The minimum atomic E-state index is -0.637. The third-order valence-corrected chi connectivity index (χ3v) is 5.38. The van der Waals surface area contributed by atoms with Crippen molar-refractivity contribution in [1.82, 2.24) is 15.5 Å². The Bertz CT molecular complexity index is 722. The highest BCUT2D eigenvalue weighted by Crippen LogP contribution is 2.22. The van der Waals surface area contributed by atoms with Crippen LogP contribution in [-0.2, 0) is 15.0 Å². The molecule has 160 valence electrons. The van der Waals surface area contributed by atoms with E-state index in [1.54, 1.807) is 24.0 Å².